The molecule has 0 amide bonds. The number of quaternary nitrogens is 1. The Bertz CT molecular complexity index is 1080. The number of hydroxylamine groups is 3. The van der Waals surface area contributed by atoms with Gasteiger partial charge in [0.25, 0.3) is 0 Å². The van der Waals surface area contributed by atoms with Crippen molar-refractivity contribution in [2.45, 2.75) is 18.6 Å². The predicted molar refractivity (Wildman–Crippen MR) is 108 cm³/mol. The van der Waals surface area contributed by atoms with E-state index in [1.807, 2.05) is 6.07 Å². The average Bonchev–Trinajstić information content (AvgIpc) is 3.35. The summed E-state index contributed by atoms with van der Waals surface area (Å²) in [7, 11) is 6.08. The Hall–Kier alpha value is -3.17. The van der Waals surface area contributed by atoms with Gasteiger partial charge in [0.1, 0.15) is 5.56 Å². The SMILES string of the molecule is COc1ccc2c(c1OC)C(=O)O[C@@H]2[C@H]1c2c(cc3c(c2OC)OCO3)CC[N@@+]1(C)[O-]. The second-order valence-corrected chi connectivity index (χ2v) is 7.90. The average molecular weight is 429 g/mol. The lowest BCUT2D eigenvalue weighted by atomic mass is 9.85. The molecular formula is C22H23NO8. The van der Waals surface area contributed by atoms with Crippen molar-refractivity contribution in [1.29, 1.82) is 0 Å². The zero-order chi connectivity index (χ0) is 21.9. The second kappa shape index (κ2) is 6.93. The molecule has 0 saturated carbocycles. The van der Waals surface area contributed by atoms with Crippen LogP contribution < -0.4 is 23.7 Å². The molecule has 5 rings (SSSR count). The molecule has 31 heavy (non-hydrogen) atoms. The second-order valence-electron chi connectivity index (χ2n) is 7.90. The van der Waals surface area contributed by atoms with Crippen LogP contribution in [-0.2, 0) is 11.2 Å². The van der Waals surface area contributed by atoms with Gasteiger partial charge in [0.05, 0.1) is 40.5 Å². The van der Waals surface area contributed by atoms with Crippen LogP contribution in [0.3, 0.4) is 0 Å². The highest BCUT2D eigenvalue weighted by molar-refractivity contribution is 5.98. The van der Waals surface area contributed by atoms with Crippen molar-refractivity contribution >= 4 is 5.97 Å². The van der Waals surface area contributed by atoms with Gasteiger partial charge >= 0.3 is 5.97 Å². The number of likely N-dealkylation sites (N-methyl/N-ethyl adjacent to an activating group) is 1. The number of ether oxygens (including phenoxy) is 6. The molecule has 3 aliphatic heterocycles. The van der Waals surface area contributed by atoms with E-state index < -0.39 is 22.8 Å². The highest BCUT2D eigenvalue weighted by Gasteiger charge is 2.50. The lowest BCUT2D eigenvalue weighted by Gasteiger charge is -2.50. The number of hydrogen-bond donors (Lipinski definition) is 0. The van der Waals surface area contributed by atoms with Gasteiger partial charge in [-0.05, 0) is 17.7 Å². The Labute approximate surface area is 179 Å². The number of benzene rings is 2. The minimum atomic E-state index is -0.821. The van der Waals surface area contributed by atoms with E-state index in [0.29, 0.717) is 52.8 Å². The monoisotopic (exact) mass is 429 g/mol. The third-order valence-corrected chi connectivity index (χ3v) is 6.27. The Balaban J connectivity index is 1.72. The molecule has 9 heteroatoms. The molecule has 9 nitrogen and oxygen atoms in total. The van der Waals surface area contributed by atoms with Gasteiger partial charge in [0.15, 0.2) is 35.1 Å². The molecule has 2 aromatic carbocycles. The van der Waals surface area contributed by atoms with E-state index in [2.05, 4.69) is 0 Å². The predicted octanol–water partition coefficient (Wildman–Crippen LogP) is 2.89. The van der Waals surface area contributed by atoms with Crippen LogP contribution in [0.15, 0.2) is 18.2 Å². The van der Waals surface area contributed by atoms with Gasteiger partial charge in [-0.25, -0.2) is 4.79 Å². The highest BCUT2D eigenvalue weighted by Crippen LogP contribution is 2.56. The smallest absolute Gasteiger partial charge is 0.343 e. The first-order valence-electron chi connectivity index (χ1n) is 9.92. The largest absolute Gasteiger partial charge is 0.632 e. The maximum absolute atomic E-state index is 13.7. The molecule has 0 N–H and O–H groups in total. The minimum absolute atomic E-state index is 0.0843. The summed E-state index contributed by atoms with van der Waals surface area (Å²) in [5, 5.41) is 13.7. The van der Waals surface area contributed by atoms with Crippen molar-refractivity contribution in [3.63, 3.8) is 0 Å². The summed E-state index contributed by atoms with van der Waals surface area (Å²) in [4.78, 5) is 12.9. The van der Waals surface area contributed by atoms with E-state index in [0.717, 1.165) is 5.56 Å². The van der Waals surface area contributed by atoms with Crippen molar-refractivity contribution in [2.24, 2.45) is 0 Å². The molecule has 0 spiro atoms. The van der Waals surface area contributed by atoms with Gasteiger partial charge in [-0.2, -0.15) is 0 Å². The Morgan fingerprint density at radius 1 is 1.10 bits per heavy atom. The van der Waals surface area contributed by atoms with Crippen molar-refractivity contribution in [2.75, 3.05) is 41.7 Å². The van der Waals surface area contributed by atoms with Gasteiger partial charge in [-0.3, -0.25) is 0 Å². The maximum atomic E-state index is 13.7. The fourth-order valence-electron chi connectivity index (χ4n) is 4.87. The van der Waals surface area contributed by atoms with Crippen LogP contribution in [-0.4, -0.2) is 52.3 Å². The minimum Gasteiger partial charge on any atom is -0.632 e. The van der Waals surface area contributed by atoms with E-state index in [1.54, 1.807) is 19.2 Å². The number of fused-ring (bicyclic) bond motifs is 3. The number of methoxy groups -OCH3 is 3. The number of carbonyl (C=O) groups excluding carboxylic acids is 1. The lowest BCUT2D eigenvalue weighted by Crippen LogP contribution is -2.48. The molecular weight excluding hydrogens is 406 g/mol. The van der Waals surface area contributed by atoms with E-state index in [-0.39, 0.29) is 12.4 Å². The molecule has 0 aromatic heterocycles. The van der Waals surface area contributed by atoms with Gasteiger partial charge in [-0.15, -0.1) is 0 Å². The quantitative estimate of drug-likeness (QED) is 0.416. The van der Waals surface area contributed by atoms with Crippen LogP contribution >= 0.6 is 0 Å². The topological polar surface area (TPSA) is 95.5 Å². The molecule has 3 heterocycles. The normalized spacial score (nSPS) is 25.5. The van der Waals surface area contributed by atoms with Crippen LogP contribution in [0.25, 0.3) is 0 Å². The van der Waals surface area contributed by atoms with Gasteiger partial charge in [-0.1, -0.05) is 6.07 Å². The molecule has 0 bridgehead atoms. The molecule has 0 unspecified atom stereocenters. The first-order chi connectivity index (χ1) is 14.9. The first kappa shape index (κ1) is 19.8. The standard InChI is InChI=1S/C22H23NO8/c1-23(25)8-7-11-9-14-20(30-10-29-14)21(28-4)15(11)17(23)18-12-5-6-13(26-2)19(27-3)16(12)22(24)31-18/h5-6,9,17-18H,7-8,10H2,1-4H3/t17-,18+,23-/m1/s1. The van der Waals surface area contributed by atoms with Crippen LogP contribution in [0, 0.1) is 5.21 Å². The third-order valence-electron chi connectivity index (χ3n) is 6.27. The van der Waals surface area contributed by atoms with E-state index in [1.165, 1.54) is 21.3 Å². The zero-order valence-electron chi connectivity index (χ0n) is 17.7. The summed E-state index contributed by atoms with van der Waals surface area (Å²) in [5.41, 5.74) is 2.46. The number of hydrogen-bond acceptors (Lipinski definition) is 8. The Morgan fingerprint density at radius 3 is 2.58 bits per heavy atom. The fraction of sp³-hybridized carbons (Fsp3) is 0.409. The molecule has 3 atom stereocenters. The summed E-state index contributed by atoms with van der Waals surface area (Å²) >= 11 is 0. The Morgan fingerprint density at radius 2 is 1.87 bits per heavy atom. The Kier molecular flexibility index (Phi) is 4.42. The van der Waals surface area contributed by atoms with Crippen LogP contribution in [0.1, 0.15) is 39.2 Å². The highest BCUT2D eigenvalue weighted by atomic mass is 16.7. The number of nitrogens with zero attached hydrogens (tertiary/aromatic N) is 1. The van der Waals surface area contributed by atoms with E-state index in [9.17, 15) is 10.0 Å². The summed E-state index contributed by atoms with van der Waals surface area (Å²) < 4.78 is 32.8. The molecule has 164 valence electrons. The van der Waals surface area contributed by atoms with Crippen LogP contribution in [0.4, 0.5) is 0 Å². The van der Waals surface area contributed by atoms with Crippen molar-refractivity contribution in [3.8, 4) is 28.7 Å². The van der Waals surface area contributed by atoms with Gasteiger partial charge < -0.3 is 38.3 Å². The molecule has 0 saturated heterocycles. The van der Waals surface area contributed by atoms with Crippen LogP contribution in [0.5, 0.6) is 28.7 Å². The first-order valence-corrected chi connectivity index (χ1v) is 9.92. The molecule has 0 fully saturated rings. The molecule has 0 radical (unpaired) electrons. The zero-order valence-corrected chi connectivity index (χ0v) is 17.7. The van der Waals surface area contributed by atoms with Gasteiger partial charge in [0, 0.05) is 12.0 Å². The number of cyclic esters (lactones) is 1. The van der Waals surface area contributed by atoms with Gasteiger partial charge in [0.2, 0.25) is 12.5 Å². The fourth-order valence-corrected chi connectivity index (χ4v) is 4.87. The van der Waals surface area contributed by atoms with Crippen molar-refractivity contribution < 1.29 is 37.9 Å². The summed E-state index contributed by atoms with van der Waals surface area (Å²) in [6, 6.07) is 4.59. The molecule has 0 aliphatic carbocycles. The number of carbonyl (C=O) groups is 1. The van der Waals surface area contributed by atoms with Crippen LogP contribution in [0.2, 0.25) is 0 Å². The number of rotatable bonds is 4. The van der Waals surface area contributed by atoms with Crippen molar-refractivity contribution in [3.05, 3.63) is 45.7 Å². The molecule has 2 aromatic rings. The molecule has 3 aliphatic rings. The van der Waals surface area contributed by atoms with E-state index >= 15 is 0 Å². The number of esters is 1. The summed E-state index contributed by atoms with van der Waals surface area (Å²) in [5.74, 6) is 1.66. The lowest BCUT2D eigenvalue weighted by molar-refractivity contribution is -0.899. The summed E-state index contributed by atoms with van der Waals surface area (Å²) in [6.07, 6.45) is -0.281. The van der Waals surface area contributed by atoms with E-state index in [4.69, 9.17) is 28.4 Å². The maximum Gasteiger partial charge on any atom is 0.343 e. The van der Waals surface area contributed by atoms with Crippen molar-refractivity contribution in [1.82, 2.24) is 0 Å². The summed E-state index contributed by atoms with van der Waals surface area (Å²) in [6.45, 7) is 0.401. The third kappa shape index (κ3) is 2.73.